The summed E-state index contributed by atoms with van der Waals surface area (Å²) in [4.78, 5) is 8.32. The summed E-state index contributed by atoms with van der Waals surface area (Å²) in [7, 11) is 0. The molecular formula is C13H23N3S. The fraction of sp³-hybridized carbons (Fsp3) is 0.769. The average molecular weight is 253 g/mol. The molecule has 3 nitrogen and oxygen atoms in total. The van der Waals surface area contributed by atoms with Crippen molar-refractivity contribution in [3.8, 4) is 0 Å². The summed E-state index contributed by atoms with van der Waals surface area (Å²) in [5.74, 6) is 0. The summed E-state index contributed by atoms with van der Waals surface area (Å²) in [6.07, 6.45) is 4.56. The van der Waals surface area contributed by atoms with Gasteiger partial charge < -0.3 is 10.2 Å². The zero-order chi connectivity index (χ0) is 12.3. The predicted molar refractivity (Wildman–Crippen MR) is 74.7 cm³/mol. The molecule has 0 aromatic carbocycles. The fourth-order valence-corrected chi connectivity index (χ4v) is 3.01. The van der Waals surface area contributed by atoms with Crippen LogP contribution < -0.4 is 10.2 Å². The molecule has 1 fully saturated rings. The lowest BCUT2D eigenvalue weighted by Crippen LogP contribution is -2.37. The van der Waals surface area contributed by atoms with E-state index in [-0.39, 0.29) is 0 Å². The number of nitrogens with one attached hydrogen (secondary N) is 1. The number of rotatable bonds is 4. The maximum Gasteiger partial charge on any atom is 0.185 e. The van der Waals surface area contributed by atoms with Gasteiger partial charge in [-0.1, -0.05) is 20.8 Å². The summed E-state index contributed by atoms with van der Waals surface area (Å²) in [6.45, 7) is 11.1. The lowest BCUT2D eigenvalue weighted by atomic mass is 9.83. The number of anilines is 1. The van der Waals surface area contributed by atoms with E-state index in [1.54, 1.807) is 0 Å². The van der Waals surface area contributed by atoms with Crippen LogP contribution in [0.5, 0.6) is 0 Å². The monoisotopic (exact) mass is 253 g/mol. The highest BCUT2D eigenvalue weighted by atomic mass is 32.1. The fourth-order valence-electron chi connectivity index (χ4n) is 2.08. The number of hydrogen-bond donors (Lipinski definition) is 1. The van der Waals surface area contributed by atoms with Crippen molar-refractivity contribution >= 4 is 16.5 Å². The summed E-state index contributed by atoms with van der Waals surface area (Å²) >= 11 is 1.83. The Morgan fingerprint density at radius 2 is 2.12 bits per heavy atom. The Labute approximate surface area is 108 Å². The average Bonchev–Trinajstić information content (AvgIpc) is 2.75. The highest BCUT2D eigenvalue weighted by molar-refractivity contribution is 7.15. The van der Waals surface area contributed by atoms with Crippen molar-refractivity contribution in [2.24, 2.45) is 5.41 Å². The van der Waals surface area contributed by atoms with Crippen LogP contribution in [-0.2, 0) is 6.54 Å². The summed E-state index contributed by atoms with van der Waals surface area (Å²) in [6, 6.07) is 0. The number of nitrogens with zero attached hydrogens (tertiary/aromatic N) is 2. The first kappa shape index (κ1) is 12.8. The molecule has 0 amide bonds. The van der Waals surface area contributed by atoms with Crippen molar-refractivity contribution < 1.29 is 0 Å². The molecule has 0 spiro atoms. The Kier molecular flexibility index (Phi) is 4.05. The molecule has 0 bridgehead atoms. The van der Waals surface area contributed by atoms with Crippen LogP contribution in [0.25, 0.3) is 0 Å². The number of piperidine rings is 1. The zero-order valence-corrected chi connectivity index (χ0v) is 11.9. The highest BCUT2D eigenvalue weighted by Gasteiger charge is 2.26. The molecular weight excluding hydrogens is 230 g/mol. The molecule has 96 valence electrons. The van der Waals surface area contributed by atoms with Crippen LogP contribution in [-0.4, -0.2) is 24.6 Å². The van der Waals surface area contributed by atoms with E-state index in [0.29, 0.717) is 5.41 Å². The second kappa shape index (κ2) is 5.36. The first-order chi connectivity index (χ1) is 8.11. The van der Waals surface area contributed by atoms with Gasteiger partial charge in [-0.3, -0.25) is 0 Å². The van der Waals surface area contributed by atoms with Gasteiger partial charge in [0.05, 0.1) is 0 Å². The Morgan fingerprint density at radius 1 is 1.41 bits per heavy atom. The van der Waals surface area contributed by atoms with E-state index in [1.165, 1.54) is 22.9 Å². The molecule has 0 atom stereocenters. The van der Waals surface area contributed by atoms with E-state index in [1.807, 2.05) is 17.5 Å². The van der Waals surface area contributed by atoms with Gasteiger partial charge >= 0.3 is 0 Å². The zero-order valence-electron chi connectivity index (χ0n) is 11.1. The predicted octanol–water partition coefficient (Wildman–Crippen LogP) is 2.88. The summed E-state index contributed by atoms with van der Waals surface area (Å²) < 4.78 is 0. The Balaban J connectivity index is 1.92. The van der Waals surface area contributed by atoms with Crippen molar-refractivity contribution in [3.63, 3.8) is 0 Å². The van der Waals surface area contributed by atoms with Crippen LogP contribution in [0.3, 0.4) is 0 Å². The molecule has 1 aromatic heterocycles. The second-order valence-corrected chi connectivity index (χ2v) is 6.63. The number of aromatic nitrogens is 1. The minimum atomic E-state index is 0.514. The molecule has 4 heteroatoms. The SMILES string of the molecule is CCNCc1cnc(N2CCC(C)(C)CC2)s1. The lowest BCUT2D eigenvalue weighted by Gasteiger charge is -2.36. The maximum atomic E-state index is 4.54. The third-order valence-electron chi connectivity index (χ3n) is 3.48. The van der Waals surface area contributed by atoms with Gasteiger partial charge in [0.2, 0.25) is 0 Å². The van der Waals surface area contributed by atoms with Crippen LogP contribution in [0.4, 0.5) is 5.13 Å². The molecule has 0 radical (unpaired) electrons. The van der Waals surface area contributed by atoms with Gasteiger partial charge in [-0.15, -0.1) is 11.3 Å². The van der Waals surface area contributed by atoms with E-state index in [0.717, 1.165) is 26.2 Å². The molecule has 2 rings (SSSR count). The Hall–Kier alpha value is -0.610. The van der Waals surface area contributed by atoms with Gasteiger partial charge in [0, 0.05) is 30.7 Å². The van der Waals surface area contributed by atoms with Gasteiger partial charge in [-0.25, -0.2) is 4.98 Å². The Bertz CT molecular complexity index is 349. The van der Waals surface area contributed by atoms with Crippen molar-refractivity contribution in [2.45, 2.75) is 40.2 Å². The smallest absolute Gasteiger partial charge is 0.185 e. The second-order valence-electron chi connectivity index (χ2n) is 5.54. The summed E-state index contributed by atoms with van der Waals surface area (Å²) in [5.41, 5.74) is 0.514. The molecule has 1 aliphatic heterocycles. The Morgan fingerprint density at radius 3 is 2.76 bits per heavy atom. The lowest BCUT2D eigenvalue weighted by molar-refractivity contribution is 0.280. The van der Waals surface area contributed by atoms with E-state index >= 15 is 0 Å². The van der Waals surface area contributed by atoms with Crippen LogP contribution in [0, 0.1) is 5.41 Å². The van der Waals surface area contributed by atoms with Crippen molar-refractivity contribution in [3.05, 3.63) is 11.1 Å². The number of thiazole rings is 1. The molecule has 1 N–H and O–H groups in total. The first-order valence-corrected chi connectivity index (χ1v) is 7.33. The van der Waals surface area contributed by atoms with Gasteiger partial charge in [0.15, 0.2) is 5.13 Å². The molecule has 17 heavy (non-hydrogen) atoms. The van der Waals surface area contributed by atoms with Crippen molar-refractivity contribution in [1.29, 1.82) is 0 Å². The van der Waals surface area contributed by atoms with Gasteiger partial charge in [-0.05, 0) is 24.8 Å². The van der Waals surface area contributed by atoms with Gasteiger partial charge in [0.1, 0.15) is 0 Å². The third-order valence-corrected chi connectivity index (χ3v) is 4.54. The van der Waals surface area contributed by atoms with E-state index < -0.39 is 0 Å². The largest absolute Gasteiger partial charge is 0.348 e. The standard InChI is InChI=1S/C13H23N3S/c1-4-14-9-11-10-15-12(17-11)16-7-5-13(2,3)6-8-16/h10,14H,4-9H2,1-3H3. The van der Waals surface area contributed by atoms with Crippen LogP contribution in [0.1, 0.15) is 38.5 Å². The van der Waals surface area contributed by atoms with Crippen LogP contribution in [0.2, 0.25) is 0 Å². The first-order valence-electron chi connectivity index (χ1n) is 6.51. The molecule has 1 aromatic rings. The molecule has 2 heterocycles. The van der Waals surface area contributed by atoms with Crippen molar-refractivity contribution in [1.82, 2.24) is 10.3 Å². The highest BCUT2D eigenvalue weighted by Crippen LogP contribution is 2.33. The van der Waals surface area contributed by atoms with E-state index in [4.69, 9.17) is 0 Å². The maximum absolute atomic E-state index is 4.54. The van der Waals surface area contributed by atoms with E-state index in [2.05, 4.69) is 36.0 Å². The van der Waals surface area contributed by atoms with Crippen LogP contribution in [0.15, 0.2) is 6.20 Å². The van der Waals surface area contributed by atoms with Gasteiger partial charge in [0.25, 0.3) is 0 Å². The molecule has 0 aliphatic carbocycles. The van der Waals surface area contributed by atoms with Crippen molar-refractivity contribution in [2.75, 3.05) is 24.5 Å². The summed E-state index contributed by atoms with van der Waals surface area (Å²) in [5, 5.41) is 4.55. The minimum absolute atomic E-state index is 0.514. The third kappa shape index (κ3) is 3.42. The molecule has 0 saturated carbocycles. The van der Waals surface area contributed by atoms with Gasteiger partial charge in [-0.2, -0.15) is 0 Å². The molecule has 1 saturated heterocycles. The molecule has 0 unspecified atom stereocenters. The number of hydrogen-bond acceptors (Lipinski definition) is 4. The quantitative estimate of drug-likeness (QED) is 0.894. The molecule has 1 aliphatic rings. The normalized spacial score (nSPS) is 19.6. The minimum Gasteiger partial charge on any atom is -0.348 e. The topological polar surface area (TPSA) is 28.2 Å². The van der Waals surface area contributed by atoms with Crippen LogP contribution >= 0.6 is 11.3 Å². The van der Waals surface area contributed by atoms with E-state index in [9.17, 15) is 0 Å².